The summed E-state index contributed by atoms with van der Waals surface area (Å²) in [4.78, 5) is 32.1. The lowest BCUT2D eigenvalue weighted by atomic mass is 10.1. The molecule has 1 aliphatic heterocycles. The maximum absolute atomic E-state index is 12.4. The predicted molar refractivity (Wildman–Crippen MR) is 139 cm³/mol. The van der Waals surface area contributed by atoms with Crippen LogP contribution in [0.1, 0.15) is 24.8 Å². The fourth-order valence-electron chi connectivity index (χ4n) is 4.50. The molecule has 6 rings (SSSR count). The van der Waals surface area contributed by atoms with Crippen LogP contribution in [0.4, 0.5) is 17.3 Å². The van der Waals surface area contributed by atoms with Gasteiger partial charge in [-0.05, 0) is 67.8 Å². The number of hydrogen-bond donors (Lipinski definition) is 1. The molecular weight excluding hydrogens is 454 g/mol. The Balaban J connectivity index is 1.26. The SMILES string of the molecule is Cc1cc(Nc2ncnc3ccc(N4CCCCC4=O)nc23)ccc1Oc1ccc2c(c1)ncn2C. The Hall–Kier alpha value is -4.53. The molecule has 36 heavy (non-hydrogen) atoms. The summed E-state index contributed by atoms with van der Waals surface area (Å²) in [6.45, 7) is 2.68. The third-order valence-corrected chi connectivity index (χ3v) is 6.43. The van der Waals surface area contributed by atoms with Crippen molar-refractivity contribution in [2.75, 3.05) is 16.8 Å². The van der Waals surface area contributed by atoms with Crippen molar-refractivity contribution >= 4 is 45.3 Å². The molecule has 3 aromatic heterocycles. The number of nitrogens with one attached hydrogen (secondary N) is 1. The minimum Gasteiger partial charge on any atom is -0.457 e. The summed E-state index contributed by atoms with van der Waals surface area (Å²) in [5.41, 5.74) is 5.09. The number of pyridine rings is 1. The van der Waals surface area contributed by atoms with E-state index in [1.54, 1.807) is 11.2 Å². The molecule has 1 fully saturated rings. The second-order valence-electron chi connectivity index (χ2n) is 8.98. The van der Waals surface area contributed by atoms with Gasteiger partial charge in [0, 0.05) is 31.8 Å². The highest BCUT2D eigenvalue weighted by Crippen LogP contribution is 2.31. The third kappa shape index (κ3) is 4.08. The number of nitrogens with zero attached hydrogens (tertiary/aromatic N) is 6. The summed E-state index contributed by atoms with van der Waals surface area (Å²) < 4.78 is 8.12. The number of ether oxygens (including phenoxy) is 1. The van der Waals surface area contributed by atoms with Crippen molar-refractivity contribution in [2.45, 2.75) is 26.2 Å². The number of fused-ring (bicyclic) bond motifs is 2. The largest absolute Gasteiger partial charge is 0.457 e. The molecule has 0 aliphatic carbocycles. The van der Waals surface area contributed by atoms with Gasteiger partial charge >= 0.3 is 0 Å². The third-order valence-electron chi connectivity index (χ3n) is 6.43. The monoisotopic (exact) mass is 479 g/mol. The smallest absolute Gasteiger partial charge is 0.228 e. The highest BCUT2D eigenvalue weighted by molar-refractivity contribution is 5.95. The maximum Gasteiger partial charge on any atom is 0.228 e. The highest BCUT2D eigenvalue weighted by Gasteiger charge is 2.21. The fraction of sp³-hybridized carbons (Fsp3) is 0.222. The summed E-state index contributed by atoms with van der Waals surface area (Å²) >= 11 is 0. The van der Waals surface area contributed by atoms with Crippen molar-refractivity contribution in [1.82, 2.24) is 24.5 Å². The van der Waals surface area contributed by atoms with Crippen LogP contribution in [0.15, 0.2) is 61.2 Å². The number of amides is 1. The molecule has 1 amide bonds. The van der Waals surface area contributed by atoms with Crippen molar-refractivity contribution in [3.8, 4) is 11.5 Å². The van der Waals surface area contributed by atoms with E-state index < -0.39 is 0 Å². The van der Waals surface area contributed by atoms with E-state index in [-0.39, 0.29) is 5.91 Å². The van der Waals surface area contributed by atoms with Gasteiger partial charge in [-0.2, -0.15) is 0 Å². The van der Waals surface area contributed by atoms with Gasteiger partial charge in [-0.25, -0.2) is 19.9 Å². The van der Waals surface area contributed by atoms with Gasteiger partial charge in [0.2, 0.25) is 5.91 Å². The molecule has 0 unspecified atom stereocenters. The summed E-state index contributed by atoms with van der Waals surface area (Å²) in [6, 6.07) is 15.5. The molecule has 0 atom stereocenters. The molecule has 5 aromatic rings. The number of aryl methyl sites for hydroxylation is 2. The number of carbonyl (C=O) groups is 1. The van der Waals surface area contributed by atoms with Gasteiger partial charge in [-0.15, -0.1) is 0 Å². The van der Waals surface area contributed by atoms with Crippen LogP contribution < -0.4 is 15.0 Å². The van der Waals surface area contributed by atoms with Crippen molar-refractivity contribution in [1.29, 1.82) is 0 Å². The zero-order chi connectivity index (χ0) is 24.6. The minimum absolute atomic E-state index is 0.105. The number of piperidine rings is 1. The van der Waals surface area contributed by atoms with Crippen LogP contribution in [-0.4, -0.2) is 37.0 Å². The standard InChI is InChI=1S/C27H25N7O2/c1-17-13-18(6-10-23(17)36-19-7-9-22-21(14-19)30-16-33(22)2)31-27-26-20(28-15-29-27)8-11-24(32-26)34-12-4-3-5-25(34)35/h6-11,13-16H,3-5,12H2,1-2H3,(H,28,29,31). The highest BCUT2D eigenvalue weighted by atomic mass is 16.5. The maximum atomic E-state index is 12.4. The van der Waals surface area contributed by atoms with Crippen LogP contribution in [0, 0.1) is 6.92 Å². The van der Waals surface area contributed by atoms with Crippen LogP contribution in [0.25, 0.3) is 22.1 Å². The zero-order valence-corrected chi connectivity index (χ0v) is 20.1. The average Bonchev–Trinajstić information content (AvgIpc) is 3.26. The number of rotatable bonds is 5. The van der Waals surface area contributed by atoms with Crippen molar-refractivity contribution < 1.29 is 9.53 Å². The summed E-state index contributed by atoms with van der Waals surface area (Å²) in [7, 11) is 1.97. The van der Waals surface area contributed by atoms with E-state index in [1.807, 2.05) is 67.1 Å². The van der Waals surface area contributed by atoms with Gasteiger partial charge in [0.1, 0.15) is 29.2 Å². The number of anilines is 3. The second kappa shape index (κ2) is 8.92. The quantitative estimate of drug-likeness (QED) is 0.367. The molecule has 1 aliphatic rings. The predicted octanol–water partition coefficient (Wildman–Crippen LogP) is 5.27. The number of aromatic nitrogens is 5. The van der Waals surface area contributed by atoms with E-state index >= 15 is 0 Å². The summed E-state index contributed by atoms with van der Waals surface area (Å²) in [5.74, 6) is 2.81. The van der Waals surface area contributed by atoms with Gasteiger partial charge < -0.3 is 14.6 Å². The van der Waals surface area contributed by atoms with Gasteiger partial charge in [0.15, 0.2) is 5.82 Å². The van der Waals surface area contributed by atoms with Crippen LogP contribution in [0.5, 0.6) is 11.5 Å². The molecule has 180 valence electrons. The Kier molecular flexibility index (Phi) is 5.44. The molecule has 9 heteroatoms. The lowest BCUT2D eigenvalue weighted by Gasteiger charge is -2.25. The number of hydrogen-bond acceptors (Lipinski definition) is 7. The topological polar surface area (TPSA) is 98.1 Å². The van der Waals surface area contributed by atoms with E-state index in [4.69, 9.17) is 9.72 Å². The first-order valence-corrected chi connectivity index (χ1v) is 11.9. The summed E-state index contributed by atoms with van der Waals surface area (Å²) in [6.07, 6.45) is 5.76. The van der Waals surface area contributed by atoms with Gasteiger partial charge in [0.25, 0.3) is 0 Å². The van der Waals surface area contributed by atoms with Crippen LogP contribution in [0.3, 0.4) is 0 Å². The lowest BCUT2D eigenvalue weighted by Crippen LogP contribution is -2.35. The molecule has 1 saturated heterocycles. The number of imidazole rings is 1. The Bertz CT molecular complexity index is 1610. The van der Waals surface area contributed by atoms with Crippen molar-refractivity contribution in [3.63, 3.8) is 0 Å². The first-order chi connectivity index (χ1) is 17.5. The van der Waals surface area contributed by atoms with Crippen LogP contribution in [0.2, 0.25) is 0 Å². The Morgan fingerprint density at radius 3 is 2.75 bits per heavy atom. The fourth-order valence-corrected chi connectivity index (χ4v) is 4.50. The Morgan fingerprint density at radius 1 is 0.972 bits per heavy atom. The van der Waals surface area contributed by atoms with Gasteiger partial charge in [-0.1, -0.05) is 0 Å². The molecule has 1 N–H and O–H groups in total. The molecule has 0 spiro atoms. The molecule has 0 bridgehead atoms. The first-order valence-electron chi connectivity index (χ1n) is 11.9. The van der Waals surface area contributed by atoms with Crippen LogP contribution >= 0.6 is 0 Å². The Morgan fingerprint density at radius 2 is 1.89 bits per heavy atom. The van der Waals surface area contributed by atoms with E-state index in [1.165, 1.54) is 6.33 Å². The van der Waals surface area contributed by atoms with E-state index in [0.29, 0.717) is 35.6 Å². The summed E-state index contributed by atoms with van der Waals surface area (Å²) in [5, 5.41) is 3.36. The first kappa shape index (κ1) is 22.0. The zero-order valence-electron chi connectivity index (χ0n) is 20.1. The Labute approximate surface area is 207 Å². The number of benzene rings is 2. The average molecular weight is 480 g/mol. The molecular formula is C27H25N7O2. The molecule has 0 saturated carbocycles. The van der Waals surface area contributed by atoms with E-state index in [9.17, 15) is 4.79 Å². The van der Waals surface area contributed by atoms with Gasteiger partial charge in [-0.3, -0.25) is 9.69 Å². The normalized spacial score (nSPS) is 13.9. The molecule has 0 radical (unpaired) electrons. The van der Waals surface area contributed by atoms with E-state index in [2.05, 4.69) is 20.3 Å². The number of carbonyl (C=O) groups excluding carboxylic acids is 1. The van der Waals surface area contributed by atoms with E-state index in [0.717, 1.165) is 46.6 Å². The van der Waals surface area contributed by atoms with Gasteiger partial charge in [0.05, 0.1) is 22.9 Å². The minimum atomic E-state index is 0.105. The van der Waals surface area contributed by atoms with Crippen molar-refractivity contribution in [3.05, 3.63) is 66.7 Å². The molecule has 4 heterocycles. The lowest BCUT2D eigenvalue weighted by molar-refractivity contribution is -0.119. The molecule has 2 aromatic carbocycles. The van der Waals surface area contributed by atoms with Crippen molar-refractivity contribution in [2.24, 2.45) is 7.05 Å². The molecule has 9 nitrogen and oxygen atoms in total. The second-order valence-corrected chi connectivity index (χ2v) is 8.98. The van der Waals surface area contributed by atoms with Crippen LogP contribution in [-0.2, 0) is 11.8 Å².